The predicted molar refractivity (Wildman–Crippen MR) is 87.7 cm³/mol. The third-order valence-electron chi connectivity index (χ3n) is 5.14. The third-order valence-corrected chi connectivity index (χ3v) is 5.14. The van der Waals surface area contributed by atoms with Crippen LogP contribution in [0.5, 0.6) is 0 Å². The summed E-state index contributed by atoms with van der Waals surface area (Å²) in [6, 6.07) is 20.4. The van der Waals surface area contributed by atoms with Crippen LogP contribution < -0.4 is 0 Å². The van der Waals surface area contributed by atoms with Crippen LogP contribution in [-0.2, 0) is 25.7 Å². The Balaban J connectivity index is 1.86. The van der Waals surface area contributed by atoms with Crippen molar-refractivity contribution in [2.45, 2.75) is 25.7 Å². The molecule has 0 fully saturated rings. The molecule has 3 aromatic carbocycles. The van der Waals surface area contributed by atoms with Gasteiger partial charge in [0, 0.05) is 0 Å². The van der Waals surface area contributed by atoms with Gasteiger partial charge in [0.15, 0.2) is 0 Å². The molecule has 0 nitrogen and oxygen atoms in total. The highest BCUT2D eigenvalue weighted by molar-refractivity contribution is 5.93. The van der Waals surface area contributed by atoms with Crippen molar-refractivity contribution >= 4 is 0 Å². The zero-order valence-electron chi connectivity index (χ0n) is 12.0. The number of benzene rings is 2. The van der Waals surface area contributed by atoms with E-state index < -0.39 is 0 Å². The van der Waals surface area contributed by atoms with Crippen molar-refractivity contribution in [1.82, 2.24) is 0 Å². The van der Waals surface area contributed by atoms with Crippen LogP contribution >= 0.6 is 0 Å². The van der Waals surface area contributed by atoms with Crippen LogP contribution in [-0.4, -0.2) is 0 Å². The molecule has 102 valence electrons. The minimum Gasteiger partial charge on any atom is -0.152 e. The van der Waals surface area contributed by atoms with Crippen molar-refractivity contribution < 1.29 is 0 Å². The smallest absolute Gasteiger partial charge is 0.0328 e. The topological polar surface area (TPSA) is 0 Å². The molecule has 2 aliphatic rings. The van der Waals surface area contributed by atoms with Gasteiger partial charge in [0.05, 0.1) is 0 Å². The maximum absolute atomic E-state index is 2.48. The number of hydrogen-bond acceptors (Lipinski definition) is 0. The maximum atomic E-state index is 2.48. The van der Waals surface area contributed by atoms with Gasteiger partial charge >= 0.3 is 0 Å². The Bertz CT molecular complexity index is 778. The van der Waals surface area contributed by atoms with Crippen molar-refractivity contribution in [3.63, 3.8) is 0 Å². The van der Waals surface area contributed by atoms with E-state index in [1.54, 1.807) is 11.1 Å². The van der Waals surface area contributed by atoms with Gasteiger partial charge in [-0.25, -0.2) is 0 Å². The molecule has 0 aromatic heterocycles. The molecule has 0 N–H and O–H groups in total. The Morgan fingerprint density at radius 1 is 0.667 bits per heavy atom. The van der Waals surface area contributed by atoms with Crippen LogP contribution in [0.1, 0.15) is 22.3 Å². The van der Waals surface area contributed by atoms with Crippen molar-refractivity contribution in [3.8, 4) is 22.3 Å². The summed E-state index contributed by atoms with van der Waals surface area (Å²) in [6.45, 7) is 0. The molecule has 0 heteroatoms. The first-order valence-corrected chi connectivity index (χ1v) is 7.90. The van der Waals surface area contributed by atoms with E-state index in [-0.39, 0.29) is 0 Å². The second kappa shape index (κ2) is 4.14. The minimum absolute atomic E-state index is 1.19. The minimum atomic E-state index is 1.19. The van der Waals surface area contributed by atoms with Gasteiger partial charge in [0.1, 0.15) is 0 Å². The van der Waals surface area contributed by atoms with E-state index in [4.69, 9.17) is 0 Å². The highest BCUT2D eigenvalue weighted by atomic mass is 14.3. The van der Waals surface area contributed by atoms with Crippen LogP contribution in [0.2, 0.25) is 0 Å². The molecule has 0 unspecified atom stereocenters. The summed E-state index contributed by atoms with van der Waals surface area (Å²) < 4.78 is 0. The summed E-state index contributed by atoms with van der Waals surface area (Å²) in [5.74, 6) is 0. The fourth-order valence-corrected chi connectivity index (χ4v) is 4.19. The van der Waals surface area contributed by atoms with Crippen LogP contribution in [0.3, 0.4) is 0 Å². The maximum Gasteiger partial charge on any atom is -0.0328 e. The van der Waals surface area contributed by atoms with Crippen LogP contribution in [0, 0.1) is 0 Å². The second-order valence-corrected chi connectivity index (χ2v) is 6.26. The lowest BCUT2D eigenvalue weighted by atomic mass is 9.82. The van der Waals surface area contributed by atoms with Gasteiger partial charge in [0.2, 0.25) is 0 Å². The van der Waals surface area contributed by atoms with Crippen LogP contribution in [0.4, 0.5) is 0 Å². The monoisotopic (exact) mass is 269 g/mol. The molecule has 0 saturated heterocycles. The Kier molecular flexibility index (Phi) is 2.26. The van der Waals surface area contributed by atoms with Crippen molar-refractivity contribution in [2.24, 2.45) is 0 Å². The van der Waals surface area contributed by atoms with Crippen LogP contribution in [0.15, 0.2) is 54.6 Å². The highest BCUT2D eigenvalue weighted by Crippen LogP contribution is 2.47. The van der Waals surface area contributed by atoms with E-state index in [9.17, 15) is 0 Å². The molecule has 5 rings (SSSR count). The van der Waals surface area contributed by atoms with Gasteiger partial charge in [-0.3, -0.25) is 0 Å². The highest BCUT2D eigenvalue weighted by Gasteiger charge is 2.19. The summed E-state index contributed by atoms with van der Waals surface area (Å²) in [5.41, 5.74) is 12.2. The first-order valence-electron chi connectivity index (χ1n) is 7.90. The Hall–Kier alpha value is -2.21. The molecule has 0 spiro atoms. The lowest BCUT2D eigenvalue weighted by molar-refractivity contribution is 0.938. The van der Waals surface area contributed by atoms with E-state index in [2.05, 4.69) is 54.6 Å². The fraction of sp³-hybridized carbons (Fsp3) is 0.190. The number of fused-ring (bicyclic) bond motifs is 7. The quantitative estimate of drug-likeness (QED) is 0.507. The molecule has 0 amide bonds. The zero-order chi connectivity index (χ0) is 13.8. The van der Waals surface area contributed by atoms with Crippen molar-refractivity contribution in [3.05, 3.63) is 76.9 Å². The lowest BCUT2D eigenvalue weighted by Crippen LogP contribution is -2.04. The molecule has 0 saturated carbocycles. The molecule has 0 aliphatic heterocycles. The second-order valence-electron chi connectivity index (χ2n) is 6.26. The first kappa shape index (κ1) is 11.4. The Labute approximate surface area is 125 Å². The molecule has 2 aliphatic carbocycles. The van der Waals surface area contributed by atoms with Gasteiger partial charge in [-0.2, -0.15) is 5.56 Å². The average Bonchev–Trinajstić information content (AvgIpc) is 2.94. The van der Waals surface area contributed by atoms with Gasteiger partial charge in [-0.1, -0.05) is 83.6 Å². The summed E-state index contributed by atoms with van der Waals surface area (Å²) in [5, 5.41) is 0. The van der Waals surface area contributed by atoms with E-state index >= 15 is 0 Å². The Morgan fingerprint density at radius 3 is 2.19 bits per heavy atom. The standard InChI is InChI=1S/C21H17/c1-3-7-18-14(5-1)9-11-16-13-17-12-10-15-6-2-4-8-19(15)21(17)20(16)18/h1-8,13H,9-12H2/q-1. The fourth-order valence-electron chi connectivity index (χ4n) is 4.19. The first-order chi connectivity index (χ1) is 10.4. The van der Waals surface area contributed by atoms with E-state index in [1.165, 1.54) is 59.1 Å². The van der Waals surface area contributed by atoms with Gasteiger partial charge in [0.25, 0.3) is 0 Å². The van der Waals surface area contributed by atoms with E-state index in [0.29, 0.717) is 0 Å². The van der Waals surface area contributed by atoms with Gasteiger partial charge in [-0.05, 0) is 12.8 Å². The van der Waals surface area contributed by atoms with Crippen molar-refractivity contribution in [1.29, 1.82) is 0 Å². The molecule has 0 radical (unpaired) electrons. The van der Waals surface area contributed by atoms with Gasteiger partial charge in [-0.15, -0.1) is 22.8 Å². The summed E-state index contributed by atoms with van der Waals surface area (Å²) in [6.07, 6.45) is 4.77. The molecule has 0 bridgehead atoms. The average molecular weight is 269 g/mol. The molecule has 0 heterocycles. The Morgan fingerprint density at radius 2 is 1.33 bits per heavy atom. The normalized spacial score (nSPS) is 14.9. The van der Waals surface area contributed by atoms with E-state index in [1.807, 2.05) is 0 Å². The molecule has 3 aromatic rings. The summed E-state index contributed by atoms with van der Waals surface area (Å²) in [7, 11) is 0. The number of rotatable bonds is 0. The molecule has 21 heavy (non-hydrogen) atoms. The molecule has 0 atom stereocenters. The summed E-state index contributed by atoms with van der Waals surface area (Å²) >= 11 is 0. The number of hydrogen-bond donors (Lipinski definition) is 0. The SMILES string of the molecule is c1ccc2c(c1)CCc1c[c-]3c(c1-2)-c1ccccc1CC3. The molecular formula is C21H17-. The predicted octanol–water partition coefficient (Wildman–Crippen LogP) is 4.94. The van der Waals surface area contributed by atoms with Crippen LogP contribution in [0.25, 0.3) is 22.3 Å². The summed E-state index contributed by atoms with van der Waals surface area (Å²) in [4.78, 5) is 0. The third kappa shape index (κ3) is 1.53. The lowest BCUT2D eigenvalue weighted by Gasteiger charge is -2.29. The molecular weight excluding hydrogens is 252 g/mol. The largest absolute Gasteiger partial charge is 0.152 e. The zero-order valence-corrected chi connectivity index (χ0v) is 12.0. The van der Waals surface area contributed by atoms with E-state index in [0.717, 1.165) is 0 Å². The van der Waals surface area contributed by atoms with Crippen molar-refractivity contribution in [2.75, 3.05) is 0 Å². The number of aryl methyl sites for hydroxylation is 4. The van der Waals surface area contributed by atoms with Gasteiger partial charge < -0.3 is 0 Å².